The number of nitrogens with one attached hydrogen (secondary N) is 1. The van der Waals surface area contributed by atoms with E-state index < -0.39 is 15.9 Å². The first-order valence-corrected chi connectivity index (χ1v) is 10.9. The van der Waals surface area contributed by atoms with Gasteiger partial charge in [-0.15, -0.1) is 0 Å². The molecule has 7 nitrogen and oxygen atoms in total. The van der Waals surface area contributed by atoms with E-state index in [4.69, 9.17) is 9.15 Å². The van der Waals surface area contributed by atoms with E-state index >= 15 is 0 Å². The number of benzene rings is 2. The molecule has 30 heavy (non-hydrogen) atoms. The van der Waals surface area contributed by atoms with Crippen molar-refractivity contribution in [1.82, 2.24) is 0 Å². The Hall–Kier alpha value is -3.33. The van der Waals surface area contributed by atoms with Gasteiger partial charge >= 0.3 is 0 Å². The zero-order valence-corrected chi connectivity index (χ0v) is 16.7. The SMILES string of the molecule is O=C(Nc1ccc(N2CCCS2(=O)=O)cc1)c1ccc(COc2ccc(F)cc2)o1. The number of sulfonamides is 1. The molecular formula is C21H19FN2O5S. The van der Waals surface area contributed by atoms with Crippen molar-refractivity contribution in [2.45, 2.75) is 13.0 Å². The average molecular weight is 430 g/mol. The van der Waals surface area contributed by atoms with E-state index in [0.29, 0.717) is 35.9 Å². The summed E-state index contributed by atoms with van der Waals surface area (Å²) < 4.78 is 49.2. The highest BCUT2D eigenvalue weighted by molar-refractivity contribution is 7.93. The van der Waals surface area contributed by atoms with Crippen LogP contribution in [0.25, 0.3) is 0 Å². The molecule has 1 fully saturated rings. The first-order chi connectivity index (χ1) is 14.4. The Morgan fingerprint density at radius 3 is 2.47 bits per heavy atom. The summed E-state index contributed by atoms with van der Waals surface area (Å²) in [7, 11) is -3.24. The molecule has 1 aromatic heterocycles. The lowest BCUT2D eigenvalue weighted by molar-refractivity contribution is 0.0992. The standard InChI is InChI=1S/C21H19FN2O5S/c22-15-2-8-18(9-3-15)28-14-19-10-11-20(29-19)21(25)23-16-4-6-17(7-5-16)24-12-1-13-30(24,26)27/h2-11H,1,12-14H2,(H,23,25). The van der Waals surface area contributed by atoms with E-state index in [2.05, 4.69) is 5.32 Å². The number of anilines is 2. The normalized spacial score (nSPS) is 15.2. The fourth-order valence-corrected chi connectivity index (χ4v) is 4.66. The number of furan rings is 1. The molecule has 0 atom stereocenters. The molecule has 0 radical (unpaired) electrons. The molecule has 0 bridgehead atoms. The van der Waals surface area contributed by atoms with Gasteiger partial charge in [-0.25, -0.2) is 12.8 Å². The van der Waals surface area contributed by atoms with Gasteiger partial charge in [0.1, 0.15) is 23.9 Å². The molecule has 2 heterocycles. The molecule has 1 saturated heterocycles. The summed E-state index contributed by atoms with van der Waals surface area (Å²) in [6.45, 7) is 0.557. The van der Waals surface area contributed by atoms with Crippen LogP contribution in [0, 0.1) is 5.82 Å². The summed E-state index contributed by atoms with van der Waals surface area (Å²) in [6.07, 6.45) is 0.604. The number of ether oxygens (including phenoxy) is 1. The molecule has 4 rings (SSSR count). The summed E-state index contributed by atoms with van der Waals surface area (Å²) in [5.74, 6) is 0.396. The van der Waals surface area contributed by atoms with Crippen molar-refractivity contribution in [2.24, 2.45) is 0 Å². The van der Waals surface area contributed by atoms with E-state index in [1.165, 1.54) is 34.6 Å². The first kappa shape index (κ1) is 20.0. The Balaban J connectivity index is 1.35. The van der Waals surface area contributed by atoms with Gasteiger partial charge in [-0.3, -0.25) is 9.10 Å². The molecule has 2 aromatic carbocycles. The smallest absolute Gasteiger partial charge is 0.291 e. The lowest BCUT2D eigenvalue weighted by atomic mass is 10.2. The fraction of sp³-hybridized carbons (Fsp3) is 0.190. The third kappa shape index (κ3) is 4.46. The third-order valence-electron chi connectivity index (χ3n) is 4.59. The molecule has 9 heteroatoms. The molecule has 156 valence electrons. The van der Waals surface area contributed by atoms with Gasteiger partial charge in [-0.05, 0) is 67.1 Å². The number of hydrogen-bond acceptors (Lipinski definition) is 5. The van der Waals surface area contributed by atoms with Crippen molar-refractivity contribution in [3.05, 3.63) is 78.0 Å². The topological polar surface area (TPSA) is 88.9 Å². The maximum atomic E-state index is 12.9. The molecule has 3 aromatic rings. The highest BCUT2D eigenvalue weighted by atomic mass is 32.2. The Morgan fingerprint density at radius 1 is 1.07 bits per heavy atom. The molecule has 0 saturated carbocycles. The molecular weight excluding hydrogens is 411 g/mol. The molecule has 0 aliphatic carbocycles. The number of halogens is 1. The van der Waals surface area contributed by atoms with Crippen molar-refractivity contribution >= 4 is 27.3 Å². The second kappa shape index (κ2) is 8.19. The van der Waals surface area contributed by atoms with Crippen LogP contribution in [0.3, 0.4) is 0 Å². The van der Waals surface area contributed by atoms with E-state index in [0.717, 1.165) is 0 Å². The number of amides is 1. The first-order valence-electron chi connectivity index (χ1n) is 9.30. The predicted molar refractivity (Wildman–Crippen MR) is 110 cm³/mol. The second-order valence-corrected chi connectivity index (χ2v) is 8.76. The van der Waals surface area contributed by atoms with E-state index in [-0.39, 0.29) is 23.9 Å². The minimum Gasteiger partial charge on any atom is -0.486 e. The van der Waals surface area contributed by atoms with Crippen molar-refractivity contribution in [3.8, 4) is 5.75 Å². The average Bonchev–Trinajstić information content (AvgIpc) is 3.34. The molecule has 0 spiro atoms. The van der Waals surface area contributed by atoms with E-state index in [9.17, 15) is 17.6 Å². The van der Waals surface area contributed by atoms with Crippen LogP contribution in [0.15, 0.2) is 65.1 Å². The molecule has 1 aliphatic rings. The lowest BCUT2D eigenvalue weighted by Crippen LogP contribution is -2.24. The van der Waals surface area contributed by atoms with Crippen molar-refractivity contribution in [2.75, 3.05) is 21.9 Å². The van der Waals surface area contributed by atoms with Gasteiger partial charge in [0.25, 0.3) is 5.91 Å². The fourth-order valence-electron chi connectivity index (χ4n) is 3.10. The van der Waals surface area contributed by atoms with Crippen molar-refractivity contribution in [1.29, 1.82) is 0 Å². The van der Waals surface area contributed by atoms with E-state index in [1.807, 2.05) is 0 Å². The number of rotatable bonds is 6. The van der Waals surface area contributed by atoms with Crippen LogP contribution in [0.2, 0.25) is 0 Å². The molecule has 1 amide bonds. The highest BCUT2D eigenvalue weighted by Gasteiger charge is 2.28. The van der Waals surface area contributed by atoms with Gasteiger partial charge in [-0.2, -0.15) is 0 Å². The number of hydrogen-bond donors (Lipinski definition) is 1. The van der Waals surface area contributed by atoms with Gasteiger partial charge < -0.3 is 14.5 Å². The Labute approximate surface area is 173 Å². The van der Waals surface area contributed by atoms with Crippen LogP contribution >= 0.6 is 0 Å². The quantitative estimate of drug-likeness (QED) is 0.643. The largest absolute Gasteiger partial charge is 0.486 e. The highest BCUT2D eigenvalue weighted by Crippen LogP contribution is 2.25. The lowest BCUT2D eigenvalue weighted by Gasteiger charge is -2.17. The maximum absolute atomic E-state index is 12.9. The Bertz CT molecular complexity index is 1140. The number of carbonyl (C=O) groups excluding carboxylic acids is 1. The zero-order valence-electron chi connectivity index (χ0n) is 15.9. The van der Waals surface area contributed by atoms with Gasteiger partial charge in [0.05, 0.1) is 11.4 Å². The maximum Gasteiger partial charge on any atom is 0.291 e. The zero-order chi connectivity index (χ0) is 21.1. The Morgan fingerprint density at radius 2 is 1.80 bits per heavy atom. The van der Waals surface area contributed by atoms with Gasteiger partial charge in [0, 0.05) is 12.2 Å². The van der Waals surface area contributed by atoms with Gasteiger partial charge in [-0.1, -0.05) is 0 Å². The van der Waals surface area contributed by atoms with Gasteiger partial charge in [0.2, 0.25) is 10.0 Å². The summed E-state index contributed by atoms with van der Waals surface area (Å²) in [5, 5.41) is 2.71. The van der Waals surface area contributed by atoms with Crippen molar-refractivity contribution in [3.63, 3.8) is 0 Å². The summed E-state index contributed by atoms with van der Waals surface area (Å²) >= 11 is 0. The third-order valence-corrected chi connectivity index (χ3v) is 6.46. The summed E-state index contributed by atoms with van der Waals surface area (Å²) in [4.78, 5) is 12.4. The van der Waals surface area contributed by atoms with Crippen LogP contribution in [0.4, 0.5) is 15.8 Å². The summed E-state index contributed by atoms with van der Waals surface area (Å²) in [5.41, 5.74) is 1.09. The molecule has 1 aliphatic heterocycles. The van der Waals surface area contributed by atoms with Gasteiger partial charge in [0.15, 0.2) is 5.76 Å². The van der Waals surface area contributed by atoms with E-state index in [1.54, 1.807) is 30.3 Å². The van der Waals surface area contributed by atoms with Crippen LogP contribution in [-0.4, -0.2) is 26.6 Å². The molecule has 0 unspecified atom stereocenters. The van der Waals surface area contributed by atoms with Crippen LogP contribution in [0.5, 0.6) is 5.75 Å². The number of carbonyl (C=O) groups is 1. The van der Waals surface area contributed by atoms with Crippen LogP contribution < -0.4 is 14.4 Å². The second-order valence-electron chi connectivity index (χ2n) is 6.75. The number of nitrogens with zero attached hydrogens (tertiary/aromatic N) is 1. The monoisotopic (exact) mass is 430 g/mol. The van der Waals surface area contributed by atoms with Crippen molar-refractivity contribution < 1.29 is 26.8 Å². The predicted octanol–water partition coefficient (Wildman–Crippen LogP) is 3.79. The molecule has 1 N–H and O–H groups in total. The minimum atomic E-state index is -3.24. The van der Waals surface area contributed by atoms with Crippen LogP contribution in [0.1, 0.15) is 22.7 Å². The van der Waals surface area contributed by atoms with Crippen LogP contribution in [-0.2, 0) is 16.6 Å². The Kier molecular flexibility index (Phi) is 5.45. The summed E-state index contributed by atoms with van der Waals surface area (Å²) in [6, 6.07) is 15.3. The minimum absolute atomic E-state index is 0.0952.